The van der Waals surface area contributed by atoms with Crippen molar-refractivity contribution in [3.8, 4) is 0 Å². The molecule has 0 radical (unpaired) electrons. The number of Topliss-reactive ketones (excluding diaryl/α,β-unsaturated/α-hetero) is 3. The number of carbonyl (C=O) groups excluding carboxylic acids is 3. The zero-order chi connectivity index (χ0) is 35.7. The number of rotatable bonds is 3. The minimum atomic E-state index is -0.767. The monoisotopic (exact) mass is 646 g/mol. The van der Waals surface area contributed by atoms with Crippen LogP contribution in [0.15, 0.2) is 97.6 Å². The lowest BCUT2D eigenvalue weighted by atomic mass is 9.83. The molecule has 0 spiro atoms. The smallest absolute Gasteiger partial charge is 0.172 e. The number of ketones is 3. The second-order valence-corrected chi connectivity index (χ2v) is 16.8. The molecule has 0 fully saturated rings. The van der Waals surface area contributed by atoms with E-state index >= 15 is 0 Å². The van der Waals surface area contributed by atoms with Crippen molar-refractivity contribution in [1.82, 2.24) is 4.98 Å². The topological polar surface area (TPSA) is 124 Å². The average molecular weight is 647 g/mol. The summed E-state index contributed by atoms with van der Waals surface area (Å²) in [7, 11) is 0. The minimum Gasteiger partial charge on any atom is -0.511 e. The fourth-order valence-corrected chi connectivity index (χ4v) is 5.60. The van der Waals surface area contributed by atoms with E-state index in [1.807, 2.05) is 83.1 Å². The summed E-state index contributed by atoms with van der Waals surface area (Å²) < 4.78 is 0. The van der Waals surface area contributed by atoms with Gasteiger partial charge in [0.15, 0.2) is 17.3 Å². The standard InChI is InChI=1S/C40H46N4O4/c1-37(2,3)33(45)29-21-13-15-23(41-21)30(34(46)38(4,5)6)25-17-19-27(43-25)32(36(48)40(10,11)12)28-20-18-26(44-28)31(35(47)39(7,8)9)24-16-14-22(29)42-24/h13-20,41,47H,1-12H3/b29-22?,30-25?,32-28?,35-31-. The molecule has 0 amide bonds. The molecule has 5 rings (SSSR count). The third-order valence-electron chi connectivity index (χ3n) is 8.35. The molecular formula is C40H46N4O4. The molecule has 1 aromatic heterocycles. The Morgan fingerprint density at radius 3 is 1.21 bits per heavy atom. The third-order valence-corrected chi connectivity index (χ3v) is 8.35. The molecule has 4 aliphatic rings. The first-order valence-corrected chi connectivity index (χ1v) is 16.3. The Morgan fingerprint density at radius 1 is 0.500 bits per heavy atom. The van der Waals surface area contributed by atoms with Gasteiger partial charge in [0.25, 0.3) is 0 Å². The van der Waals surface area contributed by atoms with Crippen LogP contribution in [0.4, 0.5) is 0 Å². The molecule has 0 saturated heterocycles. The summed E-state index contributed by atoms with van der Waals surface area (Å²) in [6, 6.07) is 3.57. The van der Waals surface area contributed by atoms with Gasteiger partial charge in [-0.1, -0.05) is 83.1 Å². The Bertz CT molecular complexity index is 1980. The summed E-state index contributed by atoms with van der Waals surface area (Å²) in [5.74, 6) is -0.383. The van der Waals surface area contributed by atoms with E-state index in [4.69, 9.17) is 15.0 Å². The van der Waals surface area contributed by atoms with E-state index in [2.05, 4.69) is 4.98 Å². The first-order valence-electron chi connectivity index (χ1n) is 16.3. The van der Waals surface area contributed by atoms with Crippen molar-refractivity contribution in [2.45, 2.75) is 83.1 Å². The van der Waals surface area contributed by atoms with Crippen LogP contribution in [0.5, 0.6) is 0 Å². The van der Waals surface area contributed by atoms with Gasteiger partial charge in [0.1, 0.15) is 5.76 Å². The Labute approximate surface area is 283 Å². The van der Waals surface area contributed by atoms with Gasteiger partial charge in [0.05, 0.1) is 67.9 Å². The van der Waals surface area contributed by atoms with Crippen molar-refractivity contribution < 1.29 is 19.5 Å². The van der Waals surface area contributed by atoms with E-state index in [1.54, 1.807) is 48.6 Å². The molecule has 250 valence electrons. The number of hydrogen-bond acceptors (Lipinski definition) is 7. The SMILES string of the molecule is CC(C)(C)C(=O)C1=C2C=CC(=N2)/C(=C(\O)C(C)(C)C)C2=NC(=C(C(=O)C(C)(C)C)c3ccc([nH]3)C(C(=O)C(C)(C)C)=C3C=CC1=N3)C=C2. The van der Waals surface area contributed by atoms with Gasteiger partial charge in [-0.05, 0) is 48.6 Å². The average Bonchev–Trinajstić information content (AvgIpc) is 3.76. The maximum atomic E-state index is 14.1. The van der Waals surface area contributed by atoms with Gasteiger partial charge in [-0.2, -0.15) is 0 Å². The molecule has 8 bridgehead atoms. The molecule has 0 aliphatic carbocycles. The second kappa shape index (κ2) is 11.5. The predicted molar refractivity (Wildman–Crippen MR) is 194 cm³/mol. The number of allylic oxidation sites excluding steroid dienone is 11. The molecule has 8 nitrogen and oxygen atoms in total. The van der Waals surface area contributed by atoms with Crippen molar-refractivity contribution in [3.63, 3.8) is 0 Å². The number of aliphatic hydroxyl groups is 1. The van der Waals surface area contributed by atoms with Crippen molar-refractivity contribution in [3.05, 3.63) is 94.0 Å². The van der Waals surface area contributed by atoms with Crippen molar-refractivity contribution in [2.75, 3.05) is 0 Å². The second-order valence-electron chi connectivity index (χ2n) is 16.8. The van der Waals surface area contributed by atoms with Crippen LogP contribution < -0.4 is 0 Å². The van der Waals surface area contributed by atoms with Crippen LogP contribution in [0.25, 0.3) is 11.1 Å². The van der Waals surface area contributed by atoms with Crippen LogP contribution in [0.2, 0.25) is 0 Å². The van der Waals surface area contributed by atoms with Gasteiger partial charge >= 0.3 is 0 Å². The van der Waals surface area contributed by atoms with E-state index in [0.717, 1.165) is 0 Å². The van der Waals surface area contributed by atoms with Crippen LogP contribution in [0, 0.1) is 21.7 Å². The Kier molecular flexibility index (Phi) is 8.27. The number of nitrogens with one attached hydrogen (secondary N) is 1. The van der Waals surface area contributed by atoms with Crippen LogP contribution in [0.3, 0.4) is 0 Å². The van der Waals surface area contributed by atoms with E-state index < -0.39 is 21.7 Å². The van der Waals surface area contributed by atoms with Crippen LogP contribution in [-0.4, -0.2) is 44.6 Å². The highest BCUT2D eigenvalue weighted by Crippen LogP contribution is 2.39. The molecule has 0 unspecified atom stereocenters. The number of aromatic amines is 1. The quantitative estimate of drug-likeness (QED) is 0.320. The molecular weight excluding hydrogens is 600 g/mol. The fraction of sp³-hybridized carbons (Fsp3) is 0.400. The maximum Gasteiger partial charge on any atom is 0.172 e. The van der Waals surface area contributed by atoms with Crippen LogP contribution in [-0.2, 0) is 14.4 Å². The highest BCUT2D eigenvalue weighted by molar-refractivity contribution is 6.36. The number of H-pyrrole nitrogens is 1. The molecule has 0 aromatic carbocycles. The van der Waals surface area contributed by atoms with Crippen molar-refractivity contribution >= 4 is 45.6 Å². The predicted octanol–water partition coefficient (Wildman–Crippen LogP) is 8.44. The Morgan fingerprint density at radius 2 is 0.833 bits per heavy atom. The summed E-state index contributed by atoms with van der Waals surface area (Å²) in [5.41, 5.74) is 1.97. The van der Waals surface area contributed by atoms with E-state index in [9.17, 15) is 19.5 Å². The number of hydrogen-bond donors (Lipinski definition) is 2. The van der Waals surface area contributed by atoms with E-state index in [1.165, 1.54) is 0 Å². The van der Waals surface area contributed by atoms with Gasteiger partial charge in [-0.25, -0.2) is 15.0 Å². The molecule has 5 heterocycles. The summed E-state index contributed by atoms with van der Waals surface area (Å²) in [6.07, 6.45) is 10.6. The van der Waals surface area contributed by atoms with Crippen molar-refractivity contribution in [2.24, 2.45) is 36.6 Å². The third kappa shape index (κ3) is 6.28. The molecule has 0 saturated carbocycles. The van der Waals surface area contributed by atoms with E-state index in [-0.39, 0.29) is 23.1 Å². The normalized spacial score (nSPS) is 19.3. The molecule has 48 heavy (non-hydrogen) atoms. The summed E-state index contributed by atoms with van der Waals surface area (Å²) in [6.45, 7) is 22.3. The highest BCUT2D eigenvalue weighted by atomic mass is 16.3. The first kappa shape index (κ1) is 34.6. The minimum absolute atomic E-state index is 0.0705. The highest BCUT2D eigenvalue weighted by Gasteiger charge is 2.37. The lowest BCUT2D eigenvalue weighted by Gasteiger charge is -2.22. The number of carbonyl (C=O) groups is 3. The van der Waals surface area contributed by atoms with Gasteiger partial charge in [-0.15, -0.1) is 0 Å². The lowest BCUT2D eigenvalue weighted by Crippen LogP contribution is -2.26. The zero-order valence-corrected chi connectivity index (χ0v) is 30.1. The number of aromatic nitrogens is 1. The summed E-state index contributed by atoms with van der Waals surface area (Å²) >= 11 is 0. The maximum absolute atomic E-state index is 14.1. The Hall–Kier alpha value is -4.72. The number of aliphatic imine (C=N–C) groups is 3. The molecule has 4 aliphatic heterocycles. The summed E-state index contributed by atoms with van der Waals surface area (Å²) in [5, 5.41) is 11.7. The van der Waals surface area contributed by atoms with Gasteiger partial charge in [0.2, 0.25) is 0 Å². The van der Waals surface area contributed by atoms with Crippen molar-refractivity contribution in [1.29, 1.82) is 0 Å². The number of fused-ring (bicyclic) bond motifs is 5. The zero-order valence-electron chi connectivity index (χ0n) is 30.1. The molecule has 2 N–H and O–H groups in total. The fourth-order valence-electron chi connectivity index (χ4n) is 5.60. The lowest BCUT2D eigenvalue weighted by molar-refractivity contribution is -0.122. The van der Waals surface area contributed by atoms with E-state index in [0.29, 0.717) is 67.9 Å². The molecule has 0 atom stereocenters. The van der Waals surface area contributed by atoms with Gasteiger partial charge in [0, 0.05) is 21.7 Å². The van der Waals surface area contributed by atoms with Gasteiger partial charge in [-0.3, -0.25) is 14.4 Å². The summed E-state index contributed by atoms with van der Waals surface area (Å²) in [4.78, 5) is 60.5. The molecule has 1 aromatic rings. The Balaban J connectivity index is 1.95. The number of aliphatic hydroxyl groups excluding tert-OH is 1. The molecule has 8 heteroatoms. The number of nitrogens with zero attached hydrogens (tertiary/aromatic N) is 3. The van der Waals surface area contributed by atoms with Crippen LogP contribution in [0.1, 0.15) is 94.5 Å². The van der Waals surface area contributed by atoms with Crippen LogP contribution >= 0.6 is 0 Å². The first-order chi connectivity index (χ1) is 22.0. The van der Waals surface area contributed by atoms with Gasteiger partial charge < -0.3 is 10.1 Å². The largest absolute Gasteiger partial charge is 0.511 e.